The van der Waals surface area contributed by atoms with Crippen LogP contribution in [0.5, 0.6) is 5.75 Å². The molecule has 2 aromatic rings. The lowest BCUT2D eigenvalue weighted by atomic mass is 9.65. The molecule has 2 saturated heterocycles. The van der Waals surface area contributed by atoms with Gasteiger partial charge >= 0.3 is 13.7 Å². The SMILES string of the molecule is CC[C@H]1C[C@H]2C[C@H]3c4c(c5cc(OC(C)=O)ccc5n4P(=O)(O)O)CCN(C2)C13. The van der Waals surface area contributed by atoms with Crippen molar-refractivity contribution in [3.05, 3.63) is 29.5 Å². The summed E-state index contributed by atoms with van der Waals surface area (Å²) in [6.07, 6.45) is 4.04. The Labute approximate surface area is 169 Å². The van der Waals surface area contributed by atoms with Gasteiger partial charge in [0, 0.05) is 43.1 Å². The number of fused-ring (bicyclic) bond motifs is 4. The molecular weight excluding hydrogens is 391 g/mol. The number of piperidine rings is 2. The fourth-order valence-corrected chi connectivity index (χ4v) is 7.32. The summed E-state index contributed by atoms with van der Waals surface area (Å²) in [5.41, 5.74) is 2.35. The quantitative estimate of drug-likeness (QED) is 0.452. The van der Waals surface area contributed by atoms with Crippen LogP contribution in [0, 0.1) is 11.8 Å². The Hall–Kier alpha value is -1.66. The fraction of sp³-hybridized carbons (Fsp3) is 0.571. The molecule has 1 aliphatic carbocycles. The van der Waals surface area contributed by atoms with E-state index in [0.29, 0.717) is 29.1 Å². The number of hydrogen-bond acceptors (Lipinski definition) is 4. The van der Waals surface area contributed by atoms with Crippen molar-refractivity contribution in [1.82, 2.24) is 9.24 Å². The molecular formula is C21H27N2O5P. The molecule has 5 atom stereocenters. The van der Waals surface area contributed by atoms with Crippen molar-refractivity contribution in [3.8, 4) is 5.75 Å². The van der Waals surface area contributed by atoms with Crippen molar-refractivity contribution in [1.29, 1.82) is 0 Å². The number of benzene rings is 1. The molecule has 0 radical (unpaired) electrons. The van der Waals surface area contributed by atoms with Gasteiger partial charge in [0.25, 0.3) is 0 Å². The van der Waals surface area contributed by atoms with Gasteiger partial charge in [-0.15, -0.1) is 0 Å². The first-order valence-corrected chi connectivity index (χ1v) is 12.0. The highest BCUT2D eigenvalue weighted by Gasteiger charge is 2.50. The van der Waals surface area contributed by atoms with Gasteiger partial charge in [0.1, 0.15) is 5.75 Å². The molecule has 156 valence electrons. The van der Waals surface area contributed by atoms with Crippen LogP contribution in [0.4, 0.5) is 0 Å². The number of ether oxygens (including phenoxy) is 1. The minimum absolute atomic E-state index is 0.127. The number of esters is 1. The fourth-order valence-electron chi connectivity index (χ4n) is 6.31. The number of aromatic nitrogens is 1. The van der Waals surface area contributed by atoms with E-state index in [-0.39, 0.29) is 5.92 Å². The van der Waals surface area contributed by atoms with Crippen LogP contribution in [0.25, 0.3) is 10.9 Å². The van der Waals surface area contributed by atoms with E-state index in [1.165, 1.54) is 17.7 Å². The Morgan fingerprint density at radius 2 is 2.10 bits per heavy atom. The number of carbonyl (C=O) groups is 1. The van der Waals surface area contributed by atoms with Gasteiger partial charge in [-0.3, -0.25) is 14.0 Å². The van der Waals surface area contributed by atoms with Crippen molar-refractivity contribution >= 4 is 24.6 Å². The van der Waals surface area contributed by atoms with Crippen LogP contribution in [-0.4, -0.2) is 44.1 Å². The zero-order chi connectivity index (χ0) is 20.5. The highest BCUT2D eigenvalue weighted by Crippen LogP contribution is 2.55. The van der Waals surface area contributed by atoms with Crippen molar-refractivity contribution < 1.29 is 23.9 Å². The molecule has 3 fully saturated rings. The van der Waals surface area contributed by atoms with E-state index in [2.05, 4.69) is 11.8 Å². The van der Waals surface area contributed by atoms with Crippen molar-refractivity contribution in [2.24, 2.45) is 11.8 Å². The summed E-state index contributed by atoms with van der Waals surface area (Å²) in [5.74, 6) is 1.28. The second-order valence-electron chi connectivity index (χ2n) is 8.81. The Bertz CT molecular complexity index is 1040. The lowest BCUT2D eigenvalue weighted by molar-refractivity contribution is -0.131. The van der Waals surface area contributed by atoms with E-state index in [9.17, 15) is 19.1 Å². The summed E-state index contributed by atoms with van der Waals surface area (Å²) in [5, 5.41) is 0.791. The topological polar surface area (TPSA) is 92.0 Å². The van der Waals surface area contributed by atoms with Crippen molar-refractivity contribution in [2.75, 3.05) is 13.1 Å². The summed E-state index contributed by atoms with van der Waals surface area (Å²) < 4.78 is 19.2. The Morgan fingerprint density at radius 3 is 2.79 bits per heavy atom. The minimum atomic E-state index is -4.54. The van der Waals surface area contributed by atoms with Gasteiger partial charge in [-0.1, -0.05) is 13.3 Å². The van der Waals surface area contributed by atoms with Gasteiger partial charge < -0.3 is 14.5 Å². The third-order valence-electron chi connectivity index (χ3n) is 7.14. The molecule has 1 aromatic heterocycles. The van der Waals surface area contributed by atoms with Crippen LogP contribution in [0.2, 0.25) is 0 Å². The first-order valence-electron chi connectivity index (χ1n) is 10.4. The van der Waals surface area contributed by atoms with Crippen molar-refractivity contribution in [3.63, 3.8) is 0 Å². The summed E-state index contributed by atoms with van der Waals surface area (Å²) in [4.78, 5) is 34.6. The third-order valence-corrected chi connectivity index (χ3v) is 8.09. The molecule has 2 unspecified atom stereocenters. The monoisotopic (exact) mass is 418 g/mol. The first kappa shape index (κ1) is 19.3. The average molecular weight is 418 g/mol. The van der Waals surface area contributed by atoms with Crippen molar-refractivity contribution in [2.45, 2.75) is 51.5 Å². The Balaban J connectivity index is 1.76. The molecule has 4 aliphatic rings. The summed E-state index contributed by atoms with van der Waals surface area (Å²) in [7, 11) is -4.54. The van der Waals surface area contributed by atoms with Gasteiger partial charge in [0.15, 0.2) is 0 Å². The predicted octanol–water partition coefficient (Wildman–Crippen LogP) is 3.27. The summed E-state index contributed by atoms with van der Waals surface area (Å²) >= 11 is 0. The normalized spacial score (nSPS) is 30.8. The maximum atomic E-state index is 12.6. The highest BCUT2D eigenvalue weighted by molar-refractivity contribution is 7.50. The van der Waals surface area contributed by atoms with E-state index in [1.54, 1.807) is 18.2 Å². The van der Waals surface area contributed by atoms with E-state index >= 15 is 0 Å². The molecule has 0 amide bonds. The smallest absolute Gasteiger partial charge is 0.427 e. The molecule has 3 aliphatic heterocycles. The molecule has 4 heterocycles. The van der Waals surface area contributed by atoms with E-state index < -0.39 is 13.7 Å². The number of hydrogen-bond donors (Lipinski definition) is 2. The third kappa shape index (κ3) is 2.98. The number of carbonyl (C=O) groups excluding carboxylic acids is 1. The van der Waals surface area contributed by atoms with Gasteiger partial charge in [-0.25, -0.2) is 4.57 Å². The Morgan fingerprint density at radius 1 is 1.31 bits per heavy atom. The van der Waals surface area contributed by atoms with Crippen LogP contribution in [0.3, 0.4) is 0 Å². The molecule has 4 bridgehead atoms. The maximum Gasteiger partial charge on any atom is 0.434 e. The van der Waals surface area contributed by atoms with E-state index in [1.807, 2.05) is 0 Å². The van der Waals surface area contributed by atoms with Gasteiger partial charge in [-0.05, 0) is 54.9 Å². The number of rotatable bonds is 3. The second kappa shape index (κ2) is 6.67. The molecule has 7 nitrogen and oxygen atoms in total. The molecule has 8 heteroatoms. The Kier molecular flexibility index (Phi) is 4.44. The van der Waals surface area contributed by atoms with Crippen LogP contribution in [-0.2, 0) is 15.8 Å². The predicted molar refractivity (Wildman–Crippen MR) is 109 cm³/mol. The van der Waals surface area contributed by atoms with Gasteiger partial charge in [0.05, 0.1) is 5.52 Å². The molecule has 0 spiro atoms. The molecule has 2 N–H and O–H groups in total. The van der Waals surface area contributed by atoms with Crippen LogP contribution >= 0.6 is 7.75 Å². The number of nitrogens with zero attached hydrogens (tertiary/aromatic N) is 2. The molecule has 1 saturated carbocycles. The summed E-state index contributed by atoms with van der Waals surface area (Å²) in [6.45, 7) is 5.57. The summed E-state index contributed by atoms with van der Waals surface area (Å²) in [6, 6.07) is 5.40. The molecule has 29 heavy (non-hydrogen) atoms. The van der Waals surface area contributed by atoms with Gasteiger partial charge in [0.2, 0.25) is 0 Å². The average Bonchev–Trinajstić information content (AvgIpc) is 2.93. The highest BCUT2D eigenvalue weighted by atomic mass is 31.2. The van der Waals surface area contributed by atoms with Crippen LogP contribution in [0.15, 0.2) is 18.2 Å². The largest absolute Gasteiger partial charge is 0.434 e. The van der Waals surface area contributed by atoms with E-state index in [4.69, 9.17) is 4.74 Å². The molecule has 6 rings (SSSR count). The van der Waals surface area contributed by atoms with E-state index in [0.717, 1.165) is 49.0 Å². The first-order chi connectivity index (χ1) is 13.8. The zero-order valence-electron chi connectivity index (χ0n) is 16.7. The maximum absolute atomic E-state index is 12.6. The standard InChI is InChI=1S/C21H27N2O5P/c1-3-14-8-13-9-18-20(14)22(11-13)7-6-16-17-10-15(28-12(2)24)4-5-19(17)23(21(16)18)29(25,26)27/h4-5,10,13-14,18,20H,3,6-9,11H2,1-2H3,(H2,25,26,27)/t13-,14-,18+,20?/m0/s1. The van der Waals surface area contributed by atoms with Crippen LogP contribution in [0.1, 0.15) is 50.3 Å². The van der Waals surface area contributed by atoms with Crippen LogP contribution < -0.4 is 4.74 Å². The minimum Gasteiger partial charge on any atom is -0.427 e. The van der Waals surface area contributed by atoms with Gasteiger partial charge in [-0.2, -0.15) is 0 Å². The molecule has 1 aromatic carbocycles. The lowest BCUT2D eigenvalue weighted by Crippen LogP contribution is -2.56. The lowest BCUT2D eigenvalue weighted by Gasteiger charge is -2.53. The second-order valence-corrected chi connectivity index (χ2v) is 10.2. The zero-order valence-corrected chi connectivity index (χ0v) is 17.6.